The summed E-state index contributed by atoms with van der Waals surface area (Å²) in [5, 5.41) is 7.83. The molecule has 3 fully saturated rings. The molecule has 1 aliphatic heterocycles. The lowest BCUT2D eigenvalue weighted by Gasteiger charge is -2.35. The first-order valence-electron chi connectivity index (χ1n) is 18.2. The number of nitrogens with one attached hydrogen (secondary N) is 1. The van der Waals surface area contributed by atoms with E-state index in [4.69, 9.17) is 14.3 Å². The number of hydrogen-bond acceptors (Lipinski definition) is 11. The second-order valence-electron chi connectivity index (χ2n) is 16.6. The highest BCUT2D eigenvalue weighted by atomic mass is 32.2. The Morgan fingerprint density at radius 3 is 2.44 bits per heavy atom. The maximum Gasteiger partial charge on any atom is 0.307 e. The first kappa shape index (κ1) is 38.9. The monoisotopic (exact) mass is 763 g/mol. The number of carbonyl (C=O) groups excluding carboxylic acids is 4. The van der Waals surface area contributed by atoms with Gasteiger partial charge in [-0.25, -0.2) is 13.4 Å². The molecule has 1 aromatic carbocycles. The lowest BCUT2D eigenvalue weighted by atomic mass is 9.77. The van der Waals surface area contributed by atoms with Gasteiger partial charge in [0, 0.05) is 23.9 Å². The van der Waals surface area contributed by atoms with E-state index < -0.39 is 84.9 Å². The number of aromatic nitrogens is 3. The molecular weight excluding hydrogens is 715 g/mol. The Morgan fingerprint density at radius 1 is 1.09 bits per heavy atom. The van der Waals surface area contributed by atoms with Gasteiger partial charge in [0.05, 0.1) is 36.5 Å². The van der Waals surface area contributed by atoms with Crippen molar-refractivity contribution in [2.75, 3.05) is 12.3 Å². The van der Waals surface area contributed by atoms with E-state index in [1.807, 2.05) is 26.8 Å². The molecule has 290 valence electrons. The average molecular weight is 764 g/mol. The van der Waals surface area contributed by atoms with Crippen molar-refractivity contribution in [1.82, 2.24) is 25.1 Å². The minimum atomic E-state index is -3.65. The fourth-order valence-electron chi connectivity index (χ4n) is 7.01. The molecule has 54 heavy (non-hydrogen) atoms. The zero-order valence-electron chi connectivity index (χ0n) is 31.6. The first-order valence-corrected chi connectivity index (χ1v) is 20.0. The summed E-state index contributed by atoms with van der Waals surface area (Å²) in [6, 6.07) is 7.78. The van der Waals surface area contributed by atoms with Crippen molar-refractivity contribution in [3.8, 4) is 11.6 Å². The Bertz CT molecular complexity index is 2050. The van der Waals surface area contributed by atoms with Crippen LogP contribution in [0.3, 0.4) is 0 Å². The van der Waals surface area contributed by atoms with Gasteiger partial charge in [-0.15, -0.1) is 16.5 Å². The number of ketones is 1. The Balaban J connectivity index is 1.28. The van der Waals surface area contributed by atoms with E-state index >= 15 is 0 Å². The molecule has 2 aromatic heterocycles. The van der Waals surface area contributed by atoms with Crippen LogP contribution in [-0.2, 0) is 33.8 Å². The zero-order chi connectivity index (χ0) is 39.2. The highest BCUT2D eigenvalue weighted by Gasteiger charge is 2.61. The summed E-state index contributed by atoms with van der Waals surface area (Å²) in [4.78, 5) is 68.6. The maximum atomic E-state index is 14.6. The number of fused-ring (bicyclic) bond motifs is 1. The van der Waals surface area contributed by atoms with Gasteiger partial charge >= 0.3 is 5.97 Å². The number of likely N-dealkylation sites (tertiary alicyclic amines) is 1. The van der Waals surface area contributed by atoms with Gasteiger partial charge in [0.1, 0.15) is 29.0 Å². The van der Waals surface area contributed by atoms with Crippen LogP contribution in [0.4, 0.5) is 0 Å². The van der Waals surface area contributed by atoms with Gasteiger partial charge in [-0.2, -0.15) is 0 Å². The lowest BCUT2D eigenvalue weighted by Crippen LogP contribution is -2.55. The third-order valence-corrected chi connectivity index (χ3v) is 12.3. The fraction of sp³-hybridized carbons (Fsp3) is 0.538. The number of carbonyl (C=O) groups is 4. The van der Waals surface area contributed by atoms with Crippen molar-refractivity contribution in [2.45, 2.75) is 102 Å². The van der Waals surface area contributed by atoms with Crippen molar-refractivity contribution in [2.24, 2.45) is 17.3 Å². The average Bonchev–Trinajstić information content (AvgIpc) is 3.96. The Labute approximate surface area is 315 Å². The number of pyridine rings is 1. The quantitative estimate of drug-likeness (QED) is 0.184. The molecule has 2 amide bonds. The molecule has 3 aliphatic rings. The molecule has 5 atom stereocenters. The van der Waals surface area contributed by atoms with E-state index in [0.29, 0.717) is 24.0 Å². The number of amides is 2. The normalized spacial score (nSPS) is 23.4. The number of ether oxygens (including phenoxy) is 2. The summed E-state index contributed by atoms with van der Waals surface area (Å²) in [5.41, 5.74) is -2.92. The number of Topliss-reactive ketones (excluding diaryl/α,β-unsaturated/α-hetero) is 1. The van der Waals surface area contributed by atoms with Crippen LogP contribution >= 0.6 is 0 Å². The van der Waals surface area contributed by atoms with Crippen LogP contribution in [0.5, 0.6) is 11.6 Å². The van der Waals surface area contributed by atoms with Crippen molar-refractivity contribution in [1.29, 1.82) is 0 Å². The molecule has 1 saturated heterocycles. The molecule has 6 rings (SSSR count). The standard InChI is InChI=1S/C39H49N5O9S/c1-8-25-21-39(25,32(45)23-54(49,50)28-11-12-28)42-34(47)31-19-27(22-43(31)36(48)30(37(2,3)4)20-33(46)52-38(5,6)7)51-35-29-13-10-26(18-24(29)14-16-40-35)53-44-17-9-15-41-44/h8-10,13-18,25,27-28,30-31H,1,11-12,19-23H2,2-7H3,(H,42,47)/t25-,27-,30-,31+,39-/m1/s1. The van der Waals surface area contributed by atoms with Crippen LogP contribution < -0.4 is 14.9 Å². The van der Waals surface area contributed by atoms with Gasteiger partial charge in [0.2, 0.25) is 17.7 Å². The van der Waals surface area contributed by atoms with Crippen LogP contribution in [0.2, 0.25) is 0 Å². The van der Waals surface area contributed by atoms with Gasteiger partial charge in [0.15, 0.2) is 21.4 Å². The van der Waals surface area contributed by atoms with Crippen molar-refractivity contribution in [3.63, 3.8) is 0 Å². The molecule has 1 N–H and O–H groups in total. The molecule has 0 spiro atoms. The number of benzene rings is 1. The van der Waals surface area contributed by atoms with Crippen LogP contribution in [0, 0.1) is 17.3 Å². The second kappa shape index (κ2) is 14.5. The van der Waals surface area contributed by atoms with Crippen molar-refractivity contribution in [3.05, 3.63) is 61.6 Å². The Hall–Kier alpha value is -4.79. The van der Waals surface area contributed by atoms with Crippen molar-refractivity contribution >= 4 is 44.2 Å². The smallest absolute Gasteiger partial charge is 0.307 e. The summed E-state index contributed by atoms with van der Waals surface area (Å²) in [6.07, 6.45) is 6.75. The molecule has 0 unspecified atom stereocenters. The number of hydrogen-bond donors (Lipinski definition) is 1. The van der Waals surface area contributed by atoms with Crippen LogP contribution in [0.15, 0.2) is 61.6 Å². The topological polar surface area (TPSA) is 176 Å². The number of rotatable bonds is 14. The predicted octanol–water partition coefficient (Wildman–Crippen LogP) is 4.22. The van der Waals surface area contributed by atoms with E-state index in [1.54, 1.807) is 69.7 Å². The minimum absolute atomic E-state index is 0.0156. The molecule has 3 heterocycles. The summed E-state index contributed by atoms with van der Waals surface area (Å²) in [7, 11) is -3.65. The van der Waals surface area contributed by atoms with Gasteiger partial charge in [-0.1, -0.05) is 26.8 Å². The molecule has 2 saturated carbocycles. The molecule has 0 bridgehead atoms. The lowest BCUT2D eigenvalue weighted by molar-refractivity contribution is -0.161. The van der Waals surface area contributed by atoms with Crippen molar-refractivity contribution < 1.29 is 41.9 Å². The zero-order valence-corrected chi connectivity index (χ0v) is 32.4. The number of nitrogens with zero attached hydrogens (tertiary/aromatic N) is 4. The van der Waals surface area contributed by atoms with E-state index in [2.05, 4.69) is 22.0 Å². The minimum Gasteiger partial charge on any atom is -0.472 e. The van der Waals surface area contributed by atoms with E-state index in [-0.39, 0.29) is 31.7 Å². The van der Waals surface area contributed by atoms with Crippen LogP contribution in [0.25, 0.3) is 10.8 Å². The fourth-order valence-corrected chi connectivity index (χ4v) is 8.72. The molecule has 2 aliphatic carbocycles. The largest absolute Gasteiger partial charge is 0.472 e. The number of sulfone groups is 1. The highest BCUT2D eigenvalue weighted by Crippen LogP contribution is 2.46. The SMILES string of the molecule is C=C[C@@H]1C[C@]1(NC(=O)[C@@H]1C[C@@H](Oc2nccc3cc(On4cccn4)ccc23)CN1C(=O)[C@@H](CC(=O)OC(C)(C)C)C(C)(C)C)C(=O)CS(=O)(=O)C1CC1. The Kier molecular flexibility index (Phi) is 10.4. The maximum absolute atomic E-state index is 14.6. The van der Waals surface area contributed by atoms with Gasteiger partial charge in [-0.05, 0) is 81.2 Å². The van der Waals surface area contributed by atoms with E-state index in [9.17, 15) is 27.6 Å². The van der Waals surface area contributed by atoms with Gasteiger partial charge in [0.25, 0.3) is 0 Å². The third kappa shape index (κ3) is 8.61. The van der Waals surface area contributed by atoms with E-state index in [1.165, 1.54) is 9.75 Å². The molecule has 14 nitrogen and oxygen atoms in total. The molecular formula is C39H49N5O9S. The summed E-state index contributed by atoms with van der Waals surface area (Å²) < 4.78 is 37.7. The summed E-state index contributed by atoms with van der Waals surface area (Å²) in [5.74, 6) is -3.40. The summed E-state index contributed by atoms with van der Waals surface area (Å²) in [6.45, 7) is 14.6. The van der Waals surface area contributed by atoms with Gasteiger partial charge < -0.3 is 24.5 Å². The third-order valence-electron chi connectivity index (χ3n) is 10.1. The number of esters is 1. The molecule has 15 heteroatoms. The molecule has 3 aromatic rings. The van der Waals surface area contributed by atoms with Crippen LogP contribution in [0.1, 0.15) is 73.6 Å². The second-order valence-corrected chi connectivity index (χ2v) is 18.9. The Morgan fingerprint density at radius 2 is 1.83 bits per heavy atom. The summed E-state index contributed by atoms with van der Waals surface area (Å²) >= 11 is 0. The van der Waals surface area contributed by atoms with E-state index in [0.717, 1.165) is 5.39 Å². The predicted molar refractivity (Wildman–Crippen MR) is 199 cm³/mol. The van der Waals surface area contributed by atoms with Crippen LogP contribution in [-0.4, -0.2) is 92.6 Å². The molecule has 0 radical (unpaired) electrons. The van der Waals surface area contributed by atoms with Gasteiger partial charge in [-0.3, -0.25) is 19.2 Å². The highest BCUT2D eigenvalue weighted by molar-refractivity contribution is 7.93. The first-order chi connectivity index (χ1) is 25.3.